The summed E-state index contributed by atoms with van der Waals surface area (Å²) in [6.45, 7) is 3.55. The number of rotatable bonds is 6. The van der Waals surface area contributed by atoms with E-state index in [0.717, 1.165) is 12.8 Å². The van der Waals surface area contributed by atoms with Crippen LogP contribution in [0.25, 0.3) is 0 Å². The molecule has 76 valence electrons. The molecule has 0 rings (SSSR count). The number of unbranched alkanes of at least 4 members (excludes halogenated alkanes) is 1. The summed E-state index contributed by atoms with van der Waals surface area (Å²) in [4.78, 5) is 21.7. The highest BCUT2D eigenvalue weighted by atomic mass is 16.2. The van der Waals surface area contributed by atoms with Gasteiger partial charge in [0.2, 0.25) is 5.91 Å². The number of amides is 1. The van der Waals surface area contributed by atoms with Crippen LogP contribution in [0, 0.1) is 0 Å². The third-order valence-corrected chi connectivity index (χ3v) is 1.72. The maximum absolute atomic E-state index is 11.2. The number of Topliss-reactive ketones (excluding diaryl/α,β-unsaturated/α-hetero) is 1. The minimum Gasteiger partial charge on any atom is -0.348 e. The Balaban J connectivity index is 3.63. The number of hydrogen-bond acceptors (Lipinski definition) is 3. The van der Waals surface area contributed by atoms with Crippen LogP contribution in [0.3, 0.4) is 0 Å². The van der Waals surface area contributed by atoms with E-state index in [4.69, 9.17) is 5.73 Å². The number of carbonyl (C=O) groups excluding carboxylic acids is 2. The summed E-state index contributed by atoms with van der Waals surface area (Å²) in [5.74, 6) is -0.292. The van der Waals surface area contributed by atoms with Crippen LogP contribution in [-0.2, 0) is 9.59 Å². The predicted octanol–water partition coefficient (Wildman–Crippen LogP) is 0.209. The Kier molecular flexibility index (Phi) is 6.14. The first kappa shape index (κ1) is 12.1. The molecule has 0 spiro atoms. The smallest absolute Gasteiger partial charge is 0.237 e. The minimum absolute atomic E-state index is 0.0592. The van der Waals surface area contributed by atoms with Gasteiger partial charge in [0, 0.05) is 0 Å². The molecule has 3 N–H and O–H groups in total. The fourth-order valence-corrected chi connectivity index (χ4v) is 0.898. The third-order valence-electron chi connectivity index (χ3n) is 1.72. The Morgan fingerprint density at radius 1 is 1.46 bits per heavy atom. The van der Waals surface area contributed by atoms with E-state index >= 15 is 0 Å². The average molecular weight is 186 g/mol. The summed E-state index contributed by atoms with van der Waals surface area (Å²) < 4.78 is 0. The van der Waals surface area contributed by atoms with Crippen LogP contribution in [0.4, 0.5) is 0 Å². The van der Waals surface area contributed by atoms with E-state index < -0.39 is 6.04 Å². The van der Waals surface area contributed by atoms with E-state index in [9.17, 15) is 9.59 Å². The Hall–Kier alpha value is -0.900. The molecule has 1 amide bonds. The van der Waals surface area contributed by atoms with Crippen LogP contribution in [0.1, 0.15) is 33.1 Å². The number of carbonyl (C=O) groups is 2. The van der Waals surface area contributed by atoms with Gasteiger partial charge in [-0.3, -0.25) is 9.59 Å². The van der Waals surface area contributed by atoms with Crippen LogP contribution in [0.5, 0.6) is 0 Å². The fourth-order valence-electron chi connectivity index (χ4n) is 0.898. The quantitative estimate of drug-likeness (QED) is 0.622. The highest BCUT2D eigenvalue weighted by Gasteiger charge is 2.11. The van der Waals surface area contributed by atoms with Gasteiger partial charge in [-0.2, -0.15) is 0 Å². The molecule has 0 aromatic rings. The average Bonchev–Trinajstić information content (AvgIpc) is 2.10. The van der Waals surface area contributed by atoms with Gasteiger partial charge in [-0.15, -0.1) is 0 Å². The van der Waals surface area contributed by atoms with Gasteiger partial charge in [-0.05, 0) is 13.3 Å². The lowest BCUT2D eigenvalue weighted by molar-refractivity contribution is -0.125. The molecule has 4 heteroatoms. The number of hydrogen-bond donors (Lipinski definition) is 2. The molecule has 0 aromatic carbocycles. The molecule has 1 atom stereocenters. The van der Waals surface area contributed by atoms with Gasteiger partial charge >= 0.3 is 0 Å². The minimum atomic E-state index is -0.473. The topological polar surface area (TPSA) is 72.2 Å². The monoisotopic (exact) mass is 186 g/mol. The second-order valence-electron chi connectivity index (χ2n) is 3.17. The molecule has 0 saturated carbocycles. The first-order chi connectivity index (χ1) is 6.07. The maximum Gasteiger partial charge on any atom is 0.237 e. The van der Waals surface area contributed by atoms with Gasteiger partial charge in [-0.1, -0.05) is 19.8 Å². The SMILES string of the molecule is CCCCC(N)C(=O)NCC(C)=O. The lowest BCUT2D eigenvalue weighted by Crippen LogP contribution is -2.42. The van der Waals surface area contributed by atoms with Crippen molar-refractivity contribution in [1.82, 2.24) is 5.32 Å². The lowest BCUT2D eigenvalue weighted by Gasteiger charge is -2.10. The molecule has 0 aliphatic carbocycles. The molecule has 0 fully saturated rings. The van der Waals surface area contributed by atoms with Gasteiger partial charge in [-0.25, -0.2) is 0 Å². The highest BCUT2D eigenvalue weighted by Crippen LogP contribution is 1.97. The molecule has 0 aliphatic heterocycles. The first-order valence-corrected chi connectivity index (χ1v) is 4.60. The van der Waals surface area contributed by atoms with E-state index in [1.54, 1.807) is 0 Å². The molecule has 0 bridgehead atoms. The summed E-state index contributed by atoms with van der Waals surface area (Å²) in [6.07, 6.45) is 2.64. The highest BCUT2D eigenvalue weighted by molar-refractivity contribution is 5.87. The fraction of sp³-hybridized carbons (Fsp3) is 0.778. The van der Waals surface area contributed by atoms with Crippen molar-refractivity contribution in [3.8, 4) is 0 Å². The third kappa shape index (κ3) is 6.28. The zero-order valence-corrected chi connectivity index (χ0v) is 8.30. The van der Waals surface area contributed by atoms with Gasteiger partial charge < -0.3 is 11.1 Å². The Morgan fingerprint density at radius 2 is 2.08 bits per heavy atom. The second-order valence-corrected chi connectivity index (χ2v) is 3.17. The van der Waals surface area contributed by atoms with E-state index in [1.165, 1.54) is 6.92 Å². The Morgan fingerprint density at radius 3 is 2.54 bits per heavy atom. The van der Waals surface area contributed by atoms with Crippen molar-refractivity contribution in [3.05, 3.63) is 0 Å². The van der Waals surface area contributed by atoms with Gasteiger partial charge in [0.15, 0.2) is 0 Å². The molecule has 0 aliphatic rings. The maximum atomic E-state index is 11.2. The number of nitrogens with two attached hydrogens (primary N) is 1. The summed E-state index contributed by atoms with van der Waals surface area (Å²) in [5.41, 5.74) is 5.57. The summed E-state index contributed by atoms with van der Waals surface area (Å²) >= 11 is 0. The van der Waals surface area contributed by atoms with Crippen LogP contribution in [-0.4, -0.2) is 24.3 Å². The van der Waals surface area contributed by atoms with E-state index in [1.807, 2.05) is 6.92 Å². The zero-order valence-electron chi connectivity index (χ0n) is 8.30. The number of nitrogens with one attached hydrogen (secondary N) is 1. The Bertz CT molecular complexity index is 180. The number of ketones is 1. The van der Waals surface area contributed by atoms with Crippen LogP contribution < -0.4 is 11.1 Å². The Labute approximate surface area is 78.9 Å². The molecule has 0 aromatic heterocycles. The van der Waals surface area contributed by atoms with Crippen molar-refractivity contribution in [1.29, 1.82) is 0 Å². The molecule has 0 radical (unpaired) electrons. The molecular formula is C9H18N2O2. The van der Waals surface area contributed by atoms with Crippen molar-refractivity contribution in [3.63, 3.8) is 0 Å². The molecule has 4 nitrogen and oxygen atoms in total. The van der Waals surface area contributed by atoms with Crippen molar-refractivity contribution >= 4 is 11.7 Å². The van der Waals surface area contributed by atoms with Gasteiger partial charge in [0.1, 0.15) is 5.78 Å². The summed E-state index contributed by atoms with van der Waals surface area (Å²) in [6, 6.07) is -0.473. The first-order valence-electron chi connectivity index (χ1n) is 4.60. The van der Waals surface area contributed by atoms with Crippen LogP contribution in [0.15, 0.2) is 0 Å². The molecular weight excluding hydrogens is 168 g/mol. The zero-order chi connectivity index (χ0) is 10.3. The van der Waals surface area contributed by atoms with Crippen molar-refractivity contribution in [2.24, 2.45) is 5.73 Å². The van der Waals surface area contributed by atoms with E-state index in [0.29, 0.717) is 6.42 Å². The van der Waals surface area contributed by atoms with Gasteiger partial charge in [0.05, 0.1) is 12.6 Å². The van der Waals surface area contributed by atoms with Crippen molar-refractivity contribution in [2.75, 3.05) is 6.54 Å². The normalized spacial score (nSPS) is 12.2. The van der Waals surface area contributed by atoms with Crippen LogP contribution >= 0.6 is 0 Å². The standard InChI is InChI=1S/C9H18N2O2/c1-3-4-5-8(10)9(13)11-6-7(2)12/h8H,3-6,10H2,1-2H3,(H,11,13). The largest absolute Gasteiger partial charge is 0.348 e. The summed E-state index contributed by atoms with van der Waals surface area (Å²) in [7, 11) is 0. The van der Waals surface area contributed by atoms with Crippen LogP contribution in [0.2, 0.25) is 0 Å². The van der Waals surface area contributed by atoms with Crippen molar-refractivity contribution in [2.45, 2.75) is 39.2 Å². The van der Waals surface area contributed by atoms with Gasteiger partial charge in [0.25, 0.3) is 0 Å². The predicted molar refractivity (Wildman–Crippen MR) is 51.2 cm³/mol. The van der Waals surface area contributed by atoms with Crippen molar-refractivity contribution < 1.29 is 9.59 Å². The van der Waals surface area contributed by atoms with E-state index in [-0.39, 0.29) is 18.2 Å². The molecule has 0 heterocycles. The molecule has 0 saturated heterocycles. The summed E-state index contributed by atoms with van der Waals surface area (Å²) in [5, 5.41) is 2.48. The van der Waals surface area contributed by atoms with E-state index in [2.05, 4.69) is 5.32 Å². The lowest BCUT2D eigenvalue weighted by atomic mass is 10.1. The molecule has 13 heavy (non-hydrogen) atoms. The molecule has 1 unspecified atom stereocenters. The second kappa shape index (κ2) is 6.60.